The van der Waals surface area contributed by atoms with Crippen molar-refractivity contribution in [2.24, 2.45) is 0 Å². The summed E-state index contributed by atoms with van der Waals surface area (Å²) < 4.78 is 0.922. The summed E-state index contributed by atoms with van der Waals surface area (Å²) >= 11 is 2.13. The summed E-state index contributed by atoms with van der Waals surface area (Å²) in [6.07, 6.45) is 3.86. The van der Waals surface area contributed by atoms with Crippen molar-refractivity contribution in [1.82, 2.24) is 0 Å². The van der Waals surface area contributed by atoms with Crippen LogP contribution in [0.3, 0.4) is 0 Å². The molecule has 3 heteroatoms. The maximum atomic E-state index is 11.7. The summed E-state index contributed by atoms with van der Waals surface area (Å²) in [4.78, 5) is 21.8. The van der Waals surface area contributed by atoms with E-state index < -0.39 is 0 Å². The van der Waals surface area contributed by atoms with E-state index in [0.717, 1.165) is 22.7 Å². The van der Waals surface area contributed by atoms with Gasteiger partial charge in [0.2, 0.25) is 5.78 Å². The lowest BCUT2D eigenvalue weighted by molar-refractivity contribution is -0.107. The van der Waals surface area contributed by atoms with Crippen LogP contribution in [-0.2, 0) is 4.79 Å². The molecule has 0 radical (unpaired) electrons. The van der Waals surface area contributed by atoms with E-state index in [1.54, 1.807) is 6.07 Å². The number of Topliss-reactive ketones (excluding diaryl/α,β-unsaturated/α-hetero) is 1. The Balaban J connectivity index is 2.47. The predicted octanol–water partition coefficient (Wildman–Crippen LogP) is 3.24. The van der Waals surface area contributed by atoms with Gasteiger partial charge in [-0.05, 0) is 53.5 Å². The van der Waals surface area contributed by atoms with Crippen molar-refractivity contribution in [3.63, 3.8) is 0 Å². The zero-order valence-electron chi connectivity index (χ0n) is 9.41. The van der Waals surface area contributed by atoms with Gasteiger partial charge in [-0.15, -0.1) is 0 Å². The minimum Gasteiger partial charge on any atom is -0.303 e. The SMILES string of the molecule is O=CCCCCC#CC(=O)c1ccccc1I. The quantitative estimate of drug-likeness (QED) is 0.206. The number of rotatable bonds is 5. The molecule has 0 heterocycles. The molecule has 0 fully saturated rings. The minimum atomic E-state index is -0.134. The van der Waals surface area contributed by atoms with Gasteiger partial charge in [0.05, 0.1) is 0 Å². The molecular formula is C14H13IO2. The number of aldehydes is 1. The van der Waals surface area contributed by atoms with Crippen LogP contribution >= 0.6 is 22.6 Å². The van der Waals surface area contributed by atoms with E-state index in [1.807, 2.05) is 18.2 Å². The Hall–Kier alpha value is -1.15. The number of hydrogen-bond donors (Lipinski definition) is 0. The van der Waals surface area contributed by atoms with Gasteiger partial charge >= 0.3 is 0 Å². The molecule has 1 aromatic carbocycles. The first-order valence-corrected chi connectivity index (χ1v) is 6.55. The van der Waals surface area contributed by atoms with Gasteiger partial charge in [0.1, 0.15) is 6.29 Å². The third-order valence-corrected chi connectivity index (χ3v) is 3.13. The molecule has 0 spiro atoms. The molecule has 0 aromatic heterocycles. The van der Waals surface area contributed by atoms with Crippen LogP contribution in [0.5, 0.6) is 0 Å². The number of unbranched alkanes of at least 4 members (excludes halogenated alkanes) is 3. The van der Waals surface area contributed by atoms with Gasteiger partial charge < -0.3 is 4.79 Å². The molecule has 0 atom stereocenters. The maximum absolute atomic E-state index is 11.7. The van der Waals surface area contributed by atoms with E-state index in [2.05, 4.69) is 34.4 Å². The lowest BCUT2D eigenvalue weighted by atomic mass is 10.1. The number of halogens is 1. The number of hydrogen-bond acceptors (Lipinski definition) is 2. The zero-order valence-corrected chi connectivity index (χ0v) is 11.6. The fourth-order valence-corrected chi connectivity index (χ4v) is 1.93. The van der Waals surface area contributed by atoms with Crippen LogP contribution in [0, 0.1) is 15.4 Å². The lowest BCUT2D eigenvalue weighted by Gasteiger charge is -1.96. The van der Waals surface area contributed by atoms with Crippen LogP contribution in [-0.4, -0.2) is 12.1 Å². The van der Waals surface area contributed by atoms with E-state index in [4.69, 9.17) is 0 Å². The second kappa shape index (κ2) is 8.02. The van der Waals surface area contributed by atoms with Crippen molar-refractivity contribution in [3.8, 4) is 11.8 Å². The highest BCUT2D eigenvalue weighted by atomic mass is 127. The molecule has 0 unspecified atom stereocenters. The largest absolute Gasteiger partial charge is 0.303 e. The second-order valence-electron chi connectivity index (χ2n) is 3.52. The first-order chi connectivity index (χ1) is 8.25. The second-order valence-corrected chi connectivity index (χ2v) is 4.69. The van der Waals surface area contributed by atoms with Crippen LogP contribution in [0.4, 0.5) is 0 Å². The highest BCUT2D eigenvalue weighted by Gasteiger charge is 2.04. The first kappa shape index (κ1) is 13.9. The van der Waals surface area contributed by atoms with Gasteiger partial charge in [-0.25, -0.2) is 0 Å². The Labute approximate surface area is 115 Å². The molecule has 0 aliphatic carbocycles. The number of carbonyl (C=O) groups excluding carboxylic acids is 2. The van der Waals surface area contributed by atoms with Crippen molar-refractivity contribution in [3.05, 3.63) is 33.4 Å². The molecule has 0 N–H and O–H groups in total. The molecule has 0 bridgehead atoms. The van der Waals surface area contributed by atoms with Crippen molar-refractivity contribution in [2.75, 3.05) is 0 Å². The molecule has 0 saturated carbocycles. The van der Waals surface area contributed by atoms with Crippen molar-refractivity contribution < 1.29 is 9.59 Å². The summed E-state index contributed by atoms with van der Waals surface area (Å²) in [6, 6.07) is 7.40. The summed E-state index contributed by atoms with van der Waals surface area (Å²) in [5, 5.41) is 0. The van der Waals surface area contributed by atoms with Crippen LogP contribution in [0.15, 0.2) is 24.3 Å². The average Bonchev–Trinajstić information content (AvgIpc) is 2.34. The fraction of sp³-hybridized carbons (Fsp3) is 0.286. The minimum absolute atomic E-state index is 0.134. The normalized spacial score (nSPS) is 9.24. The molecular weight excluding hydrogens is 327 g/mol. The average molecular weight is 340 g/mol. The molecule has 1 aromatic rings. The molecule has 88 valence electrons. The highest BCUT2D eigenvalue weighted by molar-refractivity contribution is 14.1. The number of ketones is 1. The van der Waals surface area contributed by atoms with Crippen LogP contribution in [0.2, 0.25) is 0 Å². The van der Waals surface area contributed by atoms with Gasteiger partial charge in [0.15, 0.2) is 0 Å². The molecule has 0 amide bonds. The van der Waals surface area contributed by atoms with Crippen LogP contribution in [0.25, 0.3) is 0 Å². The number of carbonyl (C=O) groups is 2. The zero-order chi connectivity index (χ0) is 12.5. The van der Waals surface area contributed by atoms with E-state index in [9.17, 15) is 9.59 Å². The van der Waals surface area contributed by atoms with Gasteiger partial charge in [-0.2, -0.15) is 0 Å². The summed E-state index contributed by atoms with van der Waals surface area (Å²) in [7, 11) is 0. The summed E-state index contributed by atoms with van der Waals surface area (Å²) in [5.41, 5.74) is 0.661. The smallest absolute Gasteiger partial charge is 0.236 e. The van der Waals surface area contributed by atoms with Crippen molar-refractivity contribution in [1.29, 1.82) is 0 Å². The van der Waals surface area contributed by atoms with Gasteiger partial charge in [0.25, 0.3) is 0 Å². The van der Waals surface area contributed by atoms with E-state index in [-0.39, 0.29) is 5.78 Å². The maximum Gasteiger partial charge on any atom is 0.236 e. The van der Waals surface area contributed by atoms with Gasteiger partial charge in [-0.3, -0.25) is 4.79 Å². The topological polar surface area (TPSA) is 34.1 Å². The Bertz CT molecular complexity index is 455. The molecule has 2 nitrogen and oxygen atoms in total. The molecule has 0 aliphatic rings. The third kappa shape index (κ3) is 5.14. The summed E-state index contributed by atoms with van der Waals surface area (Å²) in [5.74, 6) is 5.35. The molecule has 0 aliphatic heterocycles. The Morgan fingerprint density at radius 3 is 2.76 bits per heavy atom. The van der Waals surface area contributed by atoms with E-state index in [1.165, 1.54) is 0 Å². The van der Waals surface area contributed by atoms with Crippen LogP contribution < -0.4 is 0 Å². The molecule has 0 saturated heterocycles. The molecule has 1 rings (SSSR count). The lowest BCUT2D eigenvalue weighted by Crippen LogP contribution is -1.97. The predicted molar refractivity (Wildman–Crippen MR) is 75.8 cm³/mol. The van der Waals surface area contributed by atoms with Gasteiger partial charge in [-0.1, -0.05) is 18.1 Å². The fourth-order valence-electron chi connectivity index (χ4n) is 1.30. The highest BCUT2D eigenvalue weighted by Crippen LogP contribution is 2.11. The Morgan fingerprint density at radius 2 is 2.06 bits per heavy atom. The third-order valence-electron chi connectivity index (χ3n) is 2.19. The van der Waals surface area contributed by atoms with Gasteiger partial charge in [0, 0.05) is 22.0 Å². The Kier molecular flexibility index (Phi) is 6.56. The Morgan fingerprint density at radius 1 is 1.29 bits per heavy atom. The van der Waals surface area contributed by atoms with Crippen molar-refractivity contribution in [2.45, 2.75) is 25.7 Å². The van der Waals surface area contributed by atoms with E-state index in [0.29, 0.717) is 18.4 Å². The first-order valence-electron chi connectivity index (χ1n) is 5.47. The standard InChI is InChI=1S/C14H13IO2/c15-13-9-6-5-8-12(13)14(17)10-4-2-1-3-7-11-16/h5-6,8-9,11H,1-3,7H2. The van der Waals surface area contributed by atoms with Crippen LogP contribution in [0.1, 0.15) is 36.0 Å². The van der Waals surface area contributed by atoms with E-state index >= 15 is 0 Å². The summed E-state index contributed by atoms with van der Waals surface area (Å²) in [6.45, 7) is 0. The number of benzene rings is 1. The molecule has 17 heavy (non-hydrogen) atoms. The monoisotopic (exact) mass is 340 g/mol. The van der Waals surface area contributed by atoms with Crippen molar-refractivity contribution >= 4 is 34.7 Å².